The van der Waals surface area contributed by atoms with E-state index in [0.717, 1.165) is 50.3 Å². The molecule has 1 aromatic carbocycles. The van der Waals surface area contributed by atoms with Gasteiger partial charge in [-0.25, -0.2) is 4.98 Å². The summed E-state index contributed by atoms with van der Waals surface area (Å²) in [5, 5.41) is 14.5. The average Bonchev–Trinajstić information content (AvgIpc) is 3.56. The molecular formula is C25H32N4O4. The van der Waals surface area contributed by atoms with Crippen LogP contribution in [0.25, 0.3) is 0 Å². The van der Waals surface area contributed by atoms with Crippen LogP contribution in [0.15, 0.2) is 42.6 Å². The Morgan fingerprint density at radius 1 is 1.12 bits per heavy atom. The lowest BCUT2D eigenvalue weighted by Crippen LogP contribution is -2.48. The molecule has 4 heterocycles. The zero-order chi connectivity index (χ0) is 22.6. The maximum Gasteiger partial charge on any atom is 0.225 e. The molecule has 0 aliphatic carbocycles. The molecule has 1 amide bonds. The predicted molar refractivity (Wildman–Crippen MR) is 125 cm³/mol. The Hall–Kier alpha value is -2.84. The van der Waals surface area contributed by atoms with Gasteiger partial charge >= 0.3 is 0 Å². The smallest absolute Gasteiger partial charge is 0.225 e. The number of carbonyl (C=O) groups is 1. The number of amides is 1. The van der Waals surface area contributed by atoms with Crippen molar-refractivity contribution in [2.45, 2.75) is 31.4 Å². The van der Waals surface area contributed by atoms with E-state index in [1.54, 1.807) is 6.20 Å². The van der Waals surface area contributed by atoms with Gasteiger partial charge in [-0.1, -0.05) is 12.1 Å². The van der Waals surface area contributed by atoms with Crippen LogP contribution in [-0.4, -0.2) is 72.9 Å². The molecule has 0 radical (unpaired) electrons. The van der Waals surface area contributed by atoms with E-state index in [1.165, 1.54) is 0 Å². The van der Waals surface area contributed by atoms with Gasteiger partial charge in [-0.2, -0.15) is 0 Å². The zero-order valence-electron chi connectivity index (χ0n) is 18.9. The van der Waals surface area contributed by atoms with Gasteiger partial charge in [-0.15, -0.1) is 0 Å². The fourth-order valence-electron chi connectivity index (χ4n) is 4.97. The van der Waals surface area contributed by atoms with E-state index in [1.807, 2.05) is 36.4 Å². The molecule has 5 rings (SSSR count). The molecule has 2 aromatic rings. The first kappa shape index (κ1) is 22.0. The van der Waals surface area contributed by atoms with Crippen LogP contribution in [0.5, 0.6) is 11.5 Å². The number of aromatic nitrogens is 1. The molecule has 33 heavy (non-hydrogen) atoms. The van der Waals surface area contributed by atoms with Gasteiger partial charge in [-0.05, 0) is 62.2 Å². The van der Waals surface area contributed by atoms with Gasteiger partial charge in [0.2, 0.25) is 5.91 Å². The van der Waals surface area contributed by atoms with Crippen LogP contribution in [-0.2, 0) is 4.79 Å². The van der Waals surface area contributed by atoms with Crippen molar-refractivity contribution in [3.8, 4) is 11.5 Å². The fourth-order valence-corrected chi connectivity index (χ4v) is 4.97. The lowest BCUT2D eigenvalue weighted by molar-refractivity contribution is -0.126. The highest BCUT2D eigenvalue weighted by molar-refractivity contribution is 5.80. The SMILES string of the molecule is O=C(N[C@H](CN1CCCC1)[C@H](O)c1ccc2c(c1)OCCO2)[C@@H]1CCN(c2ccccn2)C1. The summed E-state index contributed by atoms with van der Waals surface area (Å²) in [7, 11) is 0. The molecule has 1 aromatic heterocycles. The maximum atomic E-state index is 13.2. The molecule has 2 N–H and O–H groups in total. The molecule has 8 heteroatoms. The standard InChI is InChI=1S/C25H32N4O4/c30-24(18-6-7-21-22(15-18)33-14-13-32-21)20(17-28-10-3-4-11-28)27-25(31)19-8-12-29(16-19)23-5-1-2-9-26-23/h1-2,5-7,9,15,19-20,24,30H,3-4,8,10-14,16-17H2,(H,27,31)/t19-,20-,24-/m1/s1. The Bertz CT molecular complexity index is 951. The summed E-state index contributed by atoms with van der Waals surface area (Å²) in [4.78, 5) is 22.1. The number of carbonyl (C=O) groups excluding carboxylic acids is 1. The topological polar surface area (TPSA) is 87.2 Å². The van der Waals surface area contributed by atoms with Crippen molar-refractivity contribution in [3.05, 3.63) is 48.2 Å². The lowest BCUT2D eigenvalue weighted by atomic mass is 9.99. The number of nitrogens with zero attached hydrogens (tertiary/aromatic N) is 3. The Balaban J connectivity index is 1.28. The summed E-state index contributed by atoms with van der Waals surface area (Å²) in [5.74, 6) is 2.11. The van der Waals surface area contributed by atoms with E-state index in [2.05, 4.69) is 20.1 Å². The second kappa shape index (κ2) is 9.97. The van der Waals surface area contributed by atoms with Crippen LogP contribution < -0.4 is 19.7 Å². The first-order chi connectivity index (χ1) is 16.2. The third-order valence-electron chi connectivity index (χ3n) is 6.80. The van der Waals surface area contributed by atoms with Crippen molar-refractivity contribution in [1.29, 1.82) is 0 Å². The Labute approximate surface area is 194 Å². The number of aliphatic hydroxyl groups excluding tert-OH is 1. The number of anilines is 1. The monoisotopic (exact) mass is 452 g/mol. The summed E-state index contributed by atoms with van der Waals surface area (Å²) >= 11 is 0. The lowest BCUT2D eigenvalue weighted by Gasteiger charge is -2.30. The minimum atomic E-state index is -0.835. The molecular weight excluding hydrogens is 420 g/mol. The number of rotatable bonds is 7. The molecule has 176 valence electrons. The van der Waals surface area contributed by atoms with Crippen molar-refractivity contribution in [1.82, 2.24) is 15.2 Å². The molecule has 3 aliphatic heterocycles. The van der Waals surface area contributed by atoms with Crippen LogP contribution in [0.3, 0.4) is 0 Å². The fraction of sp³-hybridized carbons (Fsp3) is 0.520. The third-order valence-corrected chi connectivity index (χ3v) is 6.80. The first-order valence-electron chi connectivity index (χ1n) is 11.9. The van der Waals surface area contributed by atoms with E-state index in [0.29, 0.717) is 37.8 Å². The van der Waals surface area contributed by atoms with Crippen LogP contribution >= 0.6 is 0 Å². The summed E-state index contributed by atoms with van der Waals surface area (Å²) in [6, 6.07) is 11.0. The summed E-state index contributed by atoms with van der Waals surface area (Å²) in [6.07, 6.45) is 4.03. The predicted octanol–water partition coefficient (Wildman–Crippen LogP) is 1.99. The first-order valence-corrected chi connectivity index (χ1v) is 11.9. The van der Waals surface area contributed by atoms with E-state index >= 15 is 0 Å². The molecule has 0 bridgehead atoms. The van der Waals surface area contributed by atoms with Crippen molar-refractivity contribution in [3.63, 3.8) is 0 Å². The number of hydrogen-bond acceptors (Lipinski definition) is 7. The number of pyridine rings is 1. The second-order valence-electron chi connectivity index (χ2n) is 9.09. The van der Waals surface area contributed by atoms with E-state index in [4.69, 9.17) is 9.47 Å². The van der Waals surface area contributed by atoms with Gasteiger partial charge in [0.1, 0.15) is 25.1 Å². The Morgan fingerprint density at radius 2 is 1.94 bits per heavy atom. The number of fused-ring (bicyclic) bond motifs is 1. The molecule has 8 nitrogen and oxygen atoms in total. The number of hydrogen-bond donors (Lipinski definition) is 2. The van der Waals surface area contributed by atoms with Crippen molar-refractivity contribution in [2.75, 3.05) is 50.8 Å². The Morgan fingerprint density at radius 3 is 2.73 bits per heavy atom. The van der Waals surface area contributed by atoms with E-state index in [9.17, 15) is 9.90 Å². The highest BCUT2D eigenvalue weighted by atomic mass is 16.6. The largest absolute Gasteiger partial charge is 0.486 e. The van der Waals surface area contributed by atoms with Crippen LogP contribution in [0.4, 0.5) is 5.82 Å². The van der Waals surface area contributed by atoms with E-state index in [-0.39, 0.29) is 11.8 Å². The van der Waals surface area contributed by atoms with Gasteiger partial charge in [0.15, 0.2) is 11.5 Å². The van der Waals surface area contributed by atoms with E-state index < -0.39 is 12.1 Å². The second-order valence-corrected chi connectivity index (χ2v) is 9.09. The normalized spacial score (nSPS) is 22.2. The maximum absolute atomic E-state index is 13.2. The van der Waals surface area contributed by atoms with Crippen LogP contribution in [0, 0.1) is 5.92 Å². The highest BCUT2D eigenvalue weighted by Crippen LogP contribution is 2.34. The van der Waals surface area contributed by atoms with Gasteiger partial charge in [0.05, 0.1) is 12.0 Å². The minimum Gasteiger partial charge on any atom is -0.486 e. The van der Waals surface area contributed by atoms with Gasteiger partial charge in [0.25, 0.3) is 0 Å². The molecule has 3 aliphatic rings. The number of likely N-dealkylation sites (tertiary alicyclic amines) is 1. The molecule has 2 saturated heterocycles. The quantitative estimate of drug-likeness (QED) is 0.664. The summed E-state index contributed by atoms with van der Waals surface area (Å²) < 4.78 is 11.3. The molecule has 0 unspecified atom stereocenters. The van der Waals surface area contributed by atoms with Crippen LogP contribution in [0.2, 0.25) is 0 Å². The van der Waals surface area contributed by atoms with Gasteiger partial charge in [0, 0.05) is 25.8 Å². The Kier molecular flexibility index (Phi) is 6.64. The average molecular weight is 453 g/mol. The van der Waals surface area contributed by atoms with Gasteiger partial charge < -0.3 is 29.7 Å². The molecule has 3 atom stereocenters. The molecule has 0 spiro atoms. The third kappa shape index (κ3) is 5.07. The summed E-state index contributed by atoms with van der Waals surface area (Å²) in [5.41, 5.74) is 0.727. The minimum absolute atomic E-state index is 0.00535. The summed E-state index contributed by atoms with van der Waals surface area (Å²) in [6.45, 7) is 5.08. The number of benzene rings is 1. The number of aliphatic hydroxyl groups is 1. The van der Waals surface area contributed by atoms with Crippen LogP contribution in [0.1, 0.15) is 30.9 Å². The van der Waals surface area contributed by atoms with Crippen molar-refractivity contribution in [2.24, 2.45) is 5.92 Å². The zero-order valence-corrected chi connectivity index (χ0v) is 18.9. The highest BCUT2D eigenvalue weighted by Gasteiger charge is 2.33. The van der Waals surface area contributed by atoms with Crippen molar-refractivity contribution < 1.29 is 19.4 Å². The molecule has 0 saturated carbocycles. The number of ether oxygens (including phenoxy) is 2. The van der Waals surface area contributed by atoms with Gasteiger partial charge in [-0.3, -0.25) is 4.79 Å². The molecule has 2 fully saturated rings. The number of nitrogens with one attached hydrogen (secondary N) is 1. The van der Waals surface area contributed by atoms with Crippen molar-refractivity contribution >= 4 is 11.7 Å².